The number of hydrogen-bond donors (Lipinski definition) is 2. The lowest BCUT2D eigenvalue weighted by Crippen LogP contribution is -2.28. The van der Waals surface area contributed by atoms with Gasteiger partial charge < -0.3 is 10.4 Å². The molecule has 1 rings (SSSR count). The van der Waals surface area contributed by atoms with Crippen molar-refractivity contribution < 1.29 is 9.90 Å². The minimum Gasteiger partial charge on any atom is -0.387 e. The average molecular weight is 256 g/mol. The van der Waals surface area contributed by atoms with Gasteiger partial charge in [-0.05, 0) is 18.4 Å². The fourth-order valence-corrected chi connectivity index (χ4v) is 1.66. The fourth-order valence-electron chi connectivity index (χ4n) is 1.47. The van der Waals surface area contributed by atoms with Gasteiger partial charge in [0, 0.05) is 18.8 Å². The minimum atomic E-state index is -0.645. The summed E-state index contributed by atoms with van der Waals surface area (Å²) in [6, 6.07) is 9.29. The Kier molecular flexibility index (Phi) is 6.67. The van der Waals surface area contributed by atoms with E-state index in [2.05, 4.69) is 5.32 Å². The Hall–Kier alpha value is -1.06. The molecule has 17 heavy (non-hydrogen) atoms. The maximum Gasteiger partial charge on any atom is 0.220 e. The van der Waals surface area contributed by atoms with E-state index in [1.165, 1.54) is 0 Å². The Bertz CT molecular complexity index is 329. The summed E-state index contributed by atoms with van der Waals surface area (Å²) in [6.45, 7) is 0.254. The van der Waals surface area contributed by atoms with Crippen LogP contribution in [0.4, 0.5) is 0 Å². The smallest absolute Gasteiger partial charge is 0.220 e. The largest absolute Gasteiger partial charge is 0.387 e. The van der Waals surface area contributed by atoms with Gasteiger partial charge in [-0.15, -0.1) is 11.6 Å². The first-order chi connectivity index (χ1) is 8.24. The Morgan fingerprint density at radius 1 is 1.29 bits per heavy atom. The highest BCUT2D eigenvalue weighted by molar-refractivity contribution is 6.17. The Morgan fingerprint density at radius 3 is 2.65 bits per heavy atom. The molecular formula is C13H18ClNO2. The maximum atomic E-state index is 11.4. The normalized spacial score (nSPS) is 12.1. The van der Waals surface area contributed by atoms with E-state index in [0.29, 0.717) is 12.3 Å². The van der Waals surface area contributed by atoms with Crippen molar-refractivity contribution in [1.82, 2.24) is 5.32 Å². The van der Waals surface area contributed by atoms with Gasteiger partial charge in [0.05, 0.1) is 6.10 Å². The molecule has 0 aliphatic rings. The van der Waals surface area contributed by atoms with Crippen LogP contribution in [0.5, 0.6) is 0 Å². The van der Waals surface area contributed by atoms with Crippen molar-refractivity contribution in [3.63, 3.8) is 0 Å². The second kappa shape index (κ2) is 8.09. The summed E-state index contributed by atoms with van der Waals surface area (Å²) in [5, 5.41) is 12.5. The van der Waals surface area contributed by atoms with E-state index < -0.39 is 6.10 Å². The van der Waals surface area contributed by atoms with Crippen LogP contribution in [0, 0.1) is 0 Å². The van der Waals surface area contributed by atoms with Gasteiger partial charge in [0.1, 0.15) is 0 Å². The fraction of sp³-hybridized carbons (Fsp3) is 0.462. The number of unbranched alkanes of at least 4 members (excludes halogenated alkanes) is 1. The van der Waals surface area contributed by atoms with Gasteiger partial charge >= 0.3 is 0 Å². The van der Waals surface area contributed by atoms with Crippen molar-refractivity contribution in [2.75, 3.05) is 12.4 Å². The summed E-state index contributed by atoms with van der Waals surface area (Å²) >= 11 is 5.52. The number of aliphatic hydroxyl groups is 1. The first-order valence-electron chi connectivity index (χ1n) is 5.79. The van der Waals surface area contributed by atoms with Crippen LogP contribution in [-0.2, 0) is 4.79 Å². The number of carbonyl (C=O) groups is 1. The Balaban J connectivity index is 2.24. The number of nitrogens with one attached hydrogen (secondary N) is 1. The summed E-state index contributed by atoms with van der Waals surface area (Å²) in [4.78, 5) is 11.4. The molecule has 0 saturated carbocycles. The number of hydrogen-bond acceptors (Lipinski definition) is 2. The lowest BCUT2D eigenvalue weighted by Gasteiger charge is -2.12. The van der Waals surface area contributed by atoms with E-state index in [1.54, 1.807) is 0 Å². The number of halogens is 1. The molecule has 94 valence electrons. The summed E-state index contributed by atoms with van der Waals surface area (Å²) < 4.78 is 0. The van der Waals surface area contributed by atoms with Crippen molar-refractivity contribution in [2.24, 2.45) is 0 Å². The van der Waals surface area contributed by atoms with Crippen LogP contribution >= 0.6 is 11.6 Å². The first kappa shape index (κ1) is 14.0. The van der Waals surface area contributed by atoms with Crippen molar-refractivity contribution in [2.45, 2.75) is 25.4 Å². The van der Waals surface area contributed by atoms with E-state index in [4.69, 9.17) is 11.6 Å². The molecule has 1 atom stereocenters. The molecule has 0 saturated heterocycles. The molecule has 0 aliphatic heterocycles. The zero-order valence-corrected chi connectivity index (χ0v) is 10.5. The zero-order valence-electron chi connectivity index (χ0n) is 9.73. The second-order valence-electron chi connectivity index (χ2n) is 3.88. The van der Waals surface area contributed by atoms with Crippen molar-refractivity contribution in [3.05, 3.63) is 35.9 Å². The first-order valence-corrected chi connectivity index (χ1v) is 6.33. The van der Waals surface area contributed by atoms with Gasteiger partial charge in [-0.1, -0.05) is 30.3 Å². The molecular weight excluding hydrogens is 238 g/mol. The minimum absolute atomic E-state index is 0.0369. The predicted molar refractivity (Wildman–Crippen MR) is 69.0 cm³/mol. The van der Waals surface area contributed by atoms with Gasteiger partial charge in [-0.25, -0.2) is 0 Å². The van der Waals surface area contributed by atoms with Crippen LogP contribution in [0.3, 0.4) is 0 Å². The molecule has 0 heterocycles. The maximum absolute atomic E-state index is 11.4. The number of aliphatic hydroxyl groups excluding tert-OH is 1. The number of carbonyl (C=O) groups excluding carboxylic acids is 1. The van der Waals surface area contributed by atoms with Crippen LogP contribution in [0.15, 0.2) is 30.3 Å². The quantitative estimate of drug-likeness (QED) is 0.580. The average Bonchev–Trinajstić information content (AvgIpc) is 2.37. The Labute approximate surface area is 107 Å². The molecule has 0 bridgehead atoms. The molecule has 1 unspecified atom stereocenters. The van der Waals surface area contributed by atoms with Gasteiger partial charge in [0.2, 0.25) is 5.91 Å². The molecule has 3 nitrogen and oxygen atoms in total. The van der Waals surface area contributed by atoms with E-state index in [-0.39, 0.29) is 12.5 Å². The summed E-state index contributed by atoms with van der Waals surface area (Å²) in [7, 11) is 0. The number of rotatable bonds is 7. The monoisotopic (exact) mass is 255 g/mol. The second-order valence-corrected chi connectivity index (χ2v) is 4.25. The third-order valence-electron chi connectivity index (χ3n) is 2.46. The highest BCUT2D eigenvalue weighted by Gasteiger charge is 2.08. The van der Waals surface area contributed by atoms with Crippen molar-refractivity contribution in [1.29, 1.82) is 0 Å². The highest BCUT2D eigenvalue weighted by Crippen LogP contribution is 2.10. The van der Waals surface area contributed by atoms with E-state index >= 15 is 0 Å². The zero-order chi connectivity index (χ0) is 12.5. The highest BCUT2D eigenvalue weighted by atomic mass is 35.5. The molecule has 0 spiro atoms. The van der Waals surface area contributed by atoms with Crippen LogP contribution < -0.4 is 5.32 Å². The summed E-state index contributed by atoms with van der Waals surface area (Å²) in [5.74, 6) is 0.546. The number of alkyl halides is 1. The van der Waals surface area contributed by atoms with Crippen LogP contribution in [-0.4, -0.2) is 23.4 Å². The molecule has 4 heteroatoms. The molecule has 1 aromatic carbocycles. The van der Waals surface area contributed by atoms with Gasteiger partial charge in [-0.3, -0.25) is 4.79 Å². The SMILES string of the molecule is O=C(CCCCCl)NCC(O)c1ccccc1. The third kappa shape index (κ3) is 5.71. The lowest BCUT2D eigenvalue weighted by molar-refractivity contribution is -0.121. The van der Waals surface area contributed by atoms with E-state index in [9.17, 15) is 9.90 Å². The molecule has 0 aliphatic carbocycles. The van der Waals surface area contributed by atoms with Gasteiger partial charge in [0.25, 0.3) is 0 Å². The van der Waals surface area contributed by atoms with Crippen LogP contribution in [0.1, 0.15) is 30.9 Å². The molecule has 1 amide bonds. The number of amides is 1. The number of benzene rings is 1. The van der Waals surface area contributed by atoms with E-state index in [1.807, 2.05) is 30.3 Å². The third-order valence-corrected chi connectivity index (χ3v) is 2.73. The topological polar surface area (TPSA) is 49.3 Å². The van der Waals surface area contributed by atoms with Gasteiger partial charge in [-0.2, -0.15) is 0 Å². The van der Waals surface area contributed by atoms with Crippen molar-refractivity contribution >= 4 is 17.5 Å². The molecule has 1 aromatic rings. The predicted octanol–water partition coefficient (Wildman–Crippen LogP) is 2.25. The van der Waals surface area contributed by atoms with Crippen LogP contribution in [0.25, 0.3) is 0 Å². The summed E-state index contributed by atoms with van der Waals surface area (Å²) in [5.41, 5.74) is 0.813. The molecule has 0 radical (unpaired) electrons. The lowest BCUT2D eigenvalue weighted by atomic mass is 10.1. The summed E-state index contributed by atoms with van der Waals surface area (Å²) in [6.07, 6.45) is 1.45. The molecule has 0 fully saturated rings. The molecule has 0 aromatic heterocycles. The van der Waals surface area contributed by atoms with E-state index in [0.717, 1.165) is 18.4 Å². The molecule has 2 N–H and O–H groups in total. The Morgan fingerprint density at radius 2 is 2.00 bits per heavy atom. The van der Waals surface area contributed by atoms with Crippen molar-refractivity contribution in [3.8, 4) is 0 Å². The van der Waals surface area contributed by atoms with Crippen LogP contribution in [0.2, 0.25) is 0 Å². The standard InChI is InChI=1S/C13H18ClNO2/c14-9-5-4-8-13(17)15-10-12(16)11-6-2-1-3-7-11/h1-3,6-7,12,16H,4-5,8-10H2,(H,15,17). The van der Waals surface area contributed by atoms with Gasteiger partial charge in [0.15, 0.2) is 0 Å².